The van der Waals surface area contributed by atoms with Gasteiger partial charge in [-0.2, -0.15) is 0 Å². The van der Waals surface area contributed by atoms with Crippen molar-refractivity contribution < 1.29 is 19.8 Å². The van der Waals surface area contributed by atoms with Crippen LogP contribution in [0.2, 0.25) is 0 Å². The summed E-state index contributed by atoms with van der Waals surface area (Å²) in [5.74, 6) is -2.41. The number of carboxylic acids is 2. The molecule has 60 valence electrons. The van der Waals surface area contributed by atoms with Crippen LogP contribution >= 0.6 is 0 Å². The number of hydrogen-bond donors (Lipinski definition) is 2. The summed E-state index contributed by atoms with van der Waals surface area (Å²) in [7, 11) is 0. The third kappa shape index (κ3) is 1.48. The molecule has 5 heteroatoms. The zero-order chi connectivity index (χ0) is 7.78. The standard InChI is InChI=1S/C6H8O4.Mg.2H/c7-4(8)6(5(9)10)2-1-3-6;;;/h1-3H2,(H,7,8)(H,9,10);;;. The predicted octanol–water partition coefficient (Wildman–Crippen LogP) is -0.590. The minimum atomic E-state index is -1.44. The summed E-state index contributed by atoms with van der Waals surface area (Å²) >= 11 is 0. The molecular weight excluding hydrogens is 160 g/mol. The highest BCUT2D eigenvalue weighted by Gasteiger charge is 2.51. The summed E-state index contributed by atoms with van der Waals surface area (Å²) in [5, 5.41) is 16.9. The van der Waals surface area contributed by atoms with E-state index in [0.29, 0.717) is 6.42 Å². The maximum absolute atomic E-state index is 10.4. The fourth-order valence-corrected chi connectivity index (χ4v) is 1.05. The van der Waals surface area contributed by atoms with E-state index in [2.05, 4.69) is 0 Å². The molecule has 2 N–H and O–H groups in total. The Labute approximate surface area is 79.7 Å². The molecule has 0 heterocycles. The van der Waals surface area contributed by atoms with E-state index < -0.39 is 17.4 Å². The first-order valence-corrected chi connectivity index (χ1v) is 3.06. The number of rotatable bonds is 2. The van der Waals surface area contributed by atoms with E-state index >= 15 is 0 Å². The van der Waals surface area contributed by atoms with Crippen molar-refractivity contribution in [3.63, 3.8) is 0 Å². The van der Waals surface area contributed by atoms with Gasteiger partial charge in [0.2, 0.25) is 0 Å². The van der Waals surface area contributed by atoms with E-state index in [1.54, 1.807) is 0 Å². The second-order valence-corrected chi connectivity index (χ2v) is 2.55. The molecular formula is C6H10MgO4. The molecule has 0 atom stereocenters. The van der Waals surface area contributed by atoms with Gasteiger partial charge in [0.1, 0.15) is 0 Å². The largest absolute Gasteiger partial charge is 0.480 e. The van der Waals surface area contributed by atoms with Gasteiger partial charge < -0.3 is 10.2 Å². The van der Waals surface area contributed by atoms with Crippen molar-refractivity contribution in [3.8, 4) is 0 Å². The Morgan fingerprint density at radius 3 is 1.45 bits per heavy atom. The van der Waals surface area contributed by atoms with Gasteiger partial charge in [-0.25, -0.2) is 0 Å². The van der Waals surface area contributed by atoms with E-state index in [1.165, 1.54) is 0 Å². The average Bonchev–Trinajstić information content (AvgIpc) is 1.57. The minimum Gasteiger partial charge on any atom is -0.480 e. The summed E-state index contributed by atoms with van der Waals surface area (Å²) in [6.07, 6.45) is 1.26. The smallest absolute Gasteiger partial charge is 0.321 e. The predicted molar refractivity (Wildman–Crippen MR) is 40.1 cm³/mol. The fraction of sp³-hybridized carbons (Fsp3) is 0.667. The van der Waals surface area contributed by atoms with Gasteiger partial charge in [-0.3, -0.25) is 9.59 Å². The van der Waals surface area contributed by atoms with Crippen LogP contribution in [0.1, 0.15) is 19.3 Å². The molecule has 1 aliphatic carbocycles. The van der Waals surface area contributed by atoms with Crippen molar-refractivity contribution in [2.24, 2.45) is 5.41 Å². The van der Waals surface area contributed by atoms with Crippen LogP contribution in [0, 0.1) is 5.41 Å². The van der Waals surface area contributed by atoms with Crippen molar-refractivity contribution in [1.29, 1.82) is 0 Å². The molecule has 0 aromatic heterocycles. The van der Waals surface area contributed by atoms with Crippen LogP contribution in [0.5, 0.6) is 0 Å². The highest BCUT2D eigenvalue weighted by atomic mass is 24.3. The summed E-state index contributed by atoms with van der Waals surface area (Å²) in [4.78, 5) is 20.7. The molecule has 1 fully saturated rings. The van der Waals surface area contributed by atoms with Crippen LogP contribution in [0.3, 0.4) is 0 Å². The van der Waals surface area contributed by atoms with Crippen LogP contribution in [-0.4, -0.2) is 45.2 Å². The third-order valence-corrected chi connectivity index (χ3v) is 2.03. The summed E-state index contributed by atoms with van der Waals surface area (Å²) in [6, 6.07) is 0. The molecule has 0 unspecified atom stereocenters. The summed E-state index contributed by atoms with van der Waals surface area (Å²) < 4.78 is 0. The SMILES string of the molecule is O=C(O)C1(C(=O)O)CCC1.[MgH2]. The van der Waals surface area contributed by atoms with Gasteiger partial charge in [0.05, 0.1) is 0 Å². The first kappa shape index (κ1) is 10.7. The summed E-state index contributed by atoms with van der Waals surface area (Å²) in [6.45, 7) is 0. The van der Waals surface area contributed by atoms with Gasteiger partial charge in [0.25, 0.3) is 0 Å². The Bertz CT molecular complexity index is 169. The average molecular weight is 170 g/mol. The zero-order valence-corrected chi connectivity index (χ0v) is 5.33. The van der Waals surface area contributed by atoms with Gasteiger partial charge in [0, 0.05) is 0 Å². The molecule has 0 bridgehead atoms. The van der Waals surface area contributed by atoms with Crippen LogP contribution in [0.15, 0.2) is 0 Å². The highest BCUT2D eigenvalue weighted by molar-refractivity contribution is 5.99. The van der Waals surface area contributed by atoms with E-state index in [1.807, 2.05) is 0 Å². The molecule has 0 aromatic rings. The van der Waals surface area contributed by atoms with Gasteiger partial charge in [-0.05, 0) is 19.3 Å². The maximum Gasteiger partial charge on any atom is 0.321 e. The van der Waals surface area contributed by atoms with Gasteiger partial charge >= 0.3 is 35.0 Å². The zero-order valence-electron chi connectivity index (χ0n) is 5.33. The molecule has 11 heavy (non-hydrogen) atoms. The van der Waals surface area contributed by atoms with Crippen molar-refractivity contribution in [3.05, 3.63) is 0 Å². The number of hydrogen-bond acceptors (Lipinski definition) is 2. The molecule has 0 amide bonds. The van der Waals surface area contributed by atoms with Crippen LogP contribution < -0.4 is 0 Å². The minimum absolute atomic E-state index is 0. The normalized spacial score (nSPS) is 19.3. The molecule has 0 spiro atoms. The Morgan fingerprint density at radius 1 is 1.09 bits per heavy atom. The molecule has 0 aliphatic heterocycles. The lowest BCUT2D eigenvalue weighted by Crippen LogP contribution is -2.44. The third-order valence-electron chi connectivity index (χ3n) is 2.03. The maximum atomic E-state index is 10.4. The van der Waals surface area contributed by atoms with E-state index in [9.17, 15) is 9.59 Å². The molecule has 0 saturated heterocycles. The number of aliphatic carboxylic acids is 2. The first-order valence-electron chi connectivity index (χ1n) is 3.06. The van der Waals surface area contributed by atoms with Gasteiger partial charge in [-0.1, -0.05) is 0 Å². The highest BCUT2D eigenvalue weighted by Crippen LogP contribution is 2.41. The van der Waals surface area contributed by atoms with E-state index in [0.717, 1.165) is 0 Å². The summed E-state index contributed by atoms with van der Waals surface area (Å²) in [5.41, 5.74) is -1.44. The second kappa shape index (κ2) is 3.40. The topological polar surface area (TPSA) is 74.6 Å². The van der Waals surface area contributed by atoms with Crippen molar-refractivity contribution in [2.75, 3.05) is 0 Å². The quantitative estimate of drug-likeness (QED) is 0.429. The first-order chi connectivity index (χ1) is 4.59. The fourth-order valence-electron chi connectivity index (χ4n) is 1.05. The Morgan fingerprint density at radius 2 is 1.45 bits per heavy atom. The molecule has 1 aliphatic rings. The molecule has 0 aromatic carbocycles. The van der Waals surface area contributed by atoms with Crippen LogP contribution in [0.4, 0.5) is 0 Å². The van der Waals surface area contributed by atoms with Gasteiger partial charge in [-0.15, -0.1) is 0 Å². The van der Waals surface area contributed by atoms with Crippen molar-refractivity contribution >= 4 is 35.0 Å². The molecule has 1 rings (SSSR count). The lowest BCUT2D eigenvalue weighted by Gasteiger charge is -2.32. The second-order valence-electron chi connectivity index (χ2n) is 2.55. The lowest BCUT2D eigenvalue weighted by atomic mass is 9.69. The van der Waals surface area contributed by atoms with E-state index in [-0.39, 0.29) is 35.9 Å². The molecule has 1 saturated carbocycles. The Balaban J connectivity index is 0.000001000. The van der Waals surface area contributed by atoms with Gasteiger partial charge in [0.15, 0.2) is 5.41 Å². The number of carbonyl (C=O) groups is 2. The number of carboxylic acid groups (broad SMARTS) is 2. The van der Waals surface area contributed by atoms with E-state index in [4.69, 9.17) is 10.2 Å². The van der Waals surface area contributed by atoms with Crippen LogP contribution in [-0.2, 0) is 9.59 Å². The van der Waals surface area contributed by atoms with Crippen molar-refractivity contribution in [2.45, 2.75) is 19.3 Å². The lowest BCUT2D eigenvalue weighted by molar-refractivity contribution is -0.171. The van der Waals surface area contributed by atoms with Crippen LogP contribution in [0.25, 0.3) is 0 Å². The Hall–Kier alpha value is -0.294. The Kier molecular flexibility index (Phi) is 3.31. The molecule has 0 radical (unpaired) electrons. The van der Waals surface area contributed by atoms with Crippen molar-refractivity contribution in [1.82, 2.24) is 0 Å². The molecule has 4 nitrogen and oxygen atoms in total. The monoisotopic (exact) mass is 170 g/mol.